The second-order valence-corrected chi connectivity index (χ2v) is 6.06. The minimum absolute atomic E-state index is 0.0810. The van der Waals surface area contributed by atoms with Crippen LogP contribution >= 0.6 is 22.6 Å². The Kier molecular flexibility index (Phi) is 12.0. The molecule has 1 aliphatic rings. The summed E-state index contributed by atoms with van der Waals surface area (Å²) in [4.78, 5) is 0. The molecule has 0 saturated carbocycles. The second-order valence-electron chi connectivity index (χ2n) is 4.98. The van der Waals surface area contributed by atoms with Crippen LogP contribution in [0.1, 0.15) is 64.2 Å². The Bertz CT molecular complexity index is 251. The lowest BCUT2D eigenvalue weighted by Crippen LogP contribution is -2.22. The van der Waals surface area contributed by atoms with Crippen LogP contribution in [0.25, 0.3) is 0 Å². The van der Waals surface area contributed by atoms with Gasteiger partial charge in [0.05, 0.1) is 0 Å². The van der Waals surface area contributed by atoms with Gasteiger partial charge in [-0.15, -0.1) is 11.8 Å². The van der Waals surface area contributed by atoms with E-state index >= 15 is 0 Å². The summed E-state index contributed by atoms with van der Waals surface area (Å²) < 4.78 is 12.5. The van der Waals surface area contributed by atoms with E-state index in [0.717, 1.165) is 38.9 Å². The molecule has 1 fully saturated rings. The average molecular weight is 378 g/mol. The first-order valence-corrected chi connectivity index (χ1v) is 9.21. The van der Waals surface area contributed by atoms with Crippen LogP contribution in [-0.2, 0) is 9.47 Å². The zero-order valence-electron chi connectivity index (χ0n) is 12.0. The first-order valence-electron chi connectivity index (χ1n) is 7.68. The van der Waals surface area contributed by atoms with Crippen LogP contribution < -0.4 is 0 Å². The maximum atomic E-state index is 5.70. The van der Waals surface area contributed by atoms with Crippen molar-refractivity contribution >= 4 is 22.6 Å². The van der Waals surface area contributed by atoms with E-state index in [1.54, 1.807) is 0 Å². The Labute approximate surface area is 132 Å². The fraction of sp³-hybridized carbons (Fsp3) is 0.875. The quantitative estimate of drug-likeness (QED) is 0.251. The number of unbranched alkanes of at least 4 members (excludes halogenated alkanes) is 5. The molecule has 1 unspecified atom stereocenters. The molecule has 0 aromatic rings. The van der Waals surface area contributed by atoms with Gasteiger partial charge in [0.2, 0.25) is 0 Å². The molecule has 0 aromatic heterocycles. The van der Waals surface area contributed by atoms with Gasteiger partial charge in [-0.2, -0.15) is 0 Å². The average Bonchev–Trinajstić information content (AvgIpc) is 2.46. The van der Waals surface area contributed by atoms with E-state index < -0.39 is 0 Å². The van der Waals surface area contributed by atoms with Gasteiger partial charge in [-0.1, -0.05) is 35.4 Å². The molecule has 1 aliphatic heterocycles. The molecule has 0 N–H and O–H groups in total. The van der Waals surface area contributed by atoms with Crippen molar-refractivity contribution in [2.75, 3.05) is 17.6 Å². The van der Waals surface area contributed by atoms with Crippen LogP contribution in [-0.4, -0.2) is 23.9 Å². The van der Waals surface area contributed by atoms with Gasteiger partial charge in [0.15, 0.2) is 6.29 Å². The van der Waals surface area contributed by atoms with E-state index in [1.165, 1.54) is 43.0 Å². The largest absolute Gasteiger partial charge is 0.353 e. The predicted molar refractivity (Wildman–Crippen MR) is 88.5 cm³/mol. The standard InChI is InChI=1S/C16H27IO2/c17-13-9-6-4-2-1-3-5-7-10-14-18-16-12-8-11-15-19-16/h16H,1,3,5-15H2. The number of hydrogen-bond donors (Lipinski definition) is 0. The predicted octanol–water partition coefficient (Wildman–Crippen LogP) is 4.70. The molecule has 0 radical (unpaired) electrons. The summed E-state index contributed by atoms with van der Waals surface area (Å²) in [5.41, 5.74) is 0. The lowest BCUT2D eigenvalue weighted by molar-refractivity contribution is -0.162. The second kappa shape index (κ2) is 13.2. The highest BCUT2D eigenvalue weighted by Gasteiger charge is 2.12. The van der Waals surface area contributed by atoms with Crippen LogP contribution in [0.15, 0.2) is 0 Å². The molecule has 0 bridgehead atoms. The smallest absolute Gasteiger partial charge is 0.157 e. The topological polar surface area (TPSA) is 18.5 Å². The highest BCUT2D eigenvalue weighted by Crippen LogP contribution is 2.14. The number of rotatable bonds is 9. The summed E-state index contributed by atoms with van der Waals surface area (Å²) in [6.45, 7) is 1.73. The minimum Gasteiger partial charge on any atom is -0.353 e. The molecule has 1 saturated heterocycles. The molecule has 2 nitrogen and oxygen atoms in total. The van der Waals surface area contributed by atoms with E-state index in [4.69, 9.17) is 9.47 Å². The van der Waals surface area contributed by atoms with Crippen molar-refractivity contribution in [3.63, 3.8) is 0 Å². The normalized spacial score (nSPS) is 18.9. The van der Waals surface area contributed by atoms with Gasteiger partial charge >= 0.3 is 0 Å². The lowest BCUT2D eigenvalue weighted by atomic mass is 10.1. The molecule has 1 atom stereocenters. The molecule has 0 amide bonds. The molecule has 0 aliphatic carbocycles. The Morgan fingerprint density at radius 3 is 2.53 bits per heavy atom. The third-order valence-corrected chi connectivity index (χ3v) is 3.96. The number of halogens is 1. The van der Waals surface area contributed by atoms with Crippen molar-refractivity contribution in [2.24, 2.45) is 0 Å². The van der Waals surface area contributed by atoms with Gasteiger partial charge < -0.3 is 9.47 Å². The Morgan fingerprint density at radius 1 is 1.00 bits per heavy atom. The van der Waals surface area contributed by atoms with E-state index in [2.05, 4.69) is 34.4 Å². The molecule has 1 rings (SSSR count). The minimum atomic E-state index is 0.0810. The fourth-order valence-corrected chi connectivity index (χ4v) is 2.44. The maximum Gasteiger partial charge on any atom is 0.157 e. The molecule has 0 spiro atoms. The monoisotopic (exact) mass is 378 g/mol. The summed E-state index contributed by atoms with van der Waals surface area (Å²) in [6.07, 6.45) is 11.9. The number of ether oxygens (including phenoxy) is 2. The molecule has 19 heavy (non-hydrogen) atoms. The van der Waals surface area contributed by atoms with Gasteiger partial charge in [-0.3, -0.25) is 0 Å². The summed E-state index contributed by atoms with van der Waals surface area (Å²) in [5, 5.41) is 0. The van der Waals surface area contributed by atoms with Gasteiger partial charge in [-0.25, -0.2) is 0 Å². The van der Waals surface area contributed by atoms with Gasteiger partial charge in [0.25, 0.3) is 0 Å². The Morgan fingerprint density at radius 2 is 1.79 bits per heavy atom. The Balaban J connectivity index is 1.79. The summed E-state index contributed by atoms with van der Waals surface area (Å²) in [5.74, 6) is 6.49. The van der Waals surface area contributed by atoms with Crippen LogP contribution in [0.4, 0.5) is 0 Å². The number of hydrogen-bond acceptors (Lipinski definition) is 2. The van der Waals surface area contributed by atoms with Crippen LogP contribution in [0.3, 0.4) is 0 Å². The van der Waals surface area contributed by atoms with Crippen LogP contribution in [0, 0.1) is 11.8 Å². The fourth-order valence-electron chi connectivity index (χ4n) is 2.06. The van der Waals surface area contributed by atoms with Crippen molar-refractivity contribution in [1.82, 2.24) is 0 Å². The molecule has 110 valence electrons. The maximum absolute atomic E-state index is 5.70. The Hall–Kier alpha value is 0.210. The van der Waals surface area contributed by atoms with E-state index in [0.29, 0.717) is 0 Å². The van der Waals surface area contributed by atoms with E-state index in [-0.39, 0.29) is 6.29 Å². The summed E-state index contributed by atoms with van der Waals surface area (Å²) in [6, 6.07) is 0. The van der Waals surface area contributed by atoms with Crippen molar-refractivity contribution in [2.45, 2.75) is 70.5 Å². The SMILES string of the molecule is ICCCC#CCCCCCCOC1CCCCO1. The molecule has 3 heteroatoms. The van der Waals surface area contributed by atoms with Crippen molar-refractivity contribution in [3.05, 3.63) is 0 Å². The van der Waals surface area contributed by atoms with Crippen molar-refractivity contribution in [3.8, 4) is 11.8 Å². The molecule has 1 heterocycles. The zero-order valence-corrected chi connectivity index (χ0v) is 14.1. The molecule has 0 aromatic carbocycles. The third-order valence-electron chi connectivity index (χ3n) is 3.20. The number of alkyl halides is 1. The third kappa shape index (κ3) is 10.6. The first kappa shape index (κ1) is 17.3. The van der Waals surface area contributed by atoms with Gasteiger partial charge in [0.1, 0.15) is 0 Å². The van der Waals surface area contributed by atoms with E-state index in [9.17, 15) is 0 Å². The van der Waals surface area contributed by atoms with Crippen molar-refractivity contribution in [1.29, 1.82) is 0 Å². The summed E-state index contributed by atoms with van der Waals surface area (Å²) in [7, 11) is 0. The van der Waals surface area contributed by atoms with Crippen LogP contribution in [0.5, 0.6) is 0 Å². The van der Waals surface area contributed by atoms with Gasteiger partial charge in [-0.05, 0) is 38.5 Å². The highest BCUT2D eigenvalue weighted by atomic mass is 127. The van der Waals surface area contributed by atoms with Crippen molar-refractivity contribution < 1.29 is 9.47 Å². The molecular formula is C16H27IO2. The van der Waals surface area contributed by atoms with Gasteiger partial charge in [0, 0.05) is 30.5 Å². The van der Waals surface area contributed by atoms with Crippen LogP contribution in [0.2, 0.25) is 0 Å². The zero-order chi connectivity index (χ0) is 13.6. The highest BCUT2D eigenvalue weighted by molar-refractivity contribution is 14.1. The first-order chi connectivity index (χ1) is 9.43. The van der Waals surface area contributed by atoms with E-state index in [1.807, 2.05) is 0 Å². The molecular weight excluding hydrogens is 351 g/mol. The lowest BCUT2D eigenvalue weighted by Gasteiger charge is -2.22. The summed E-state index contributed by atoms with van der Waals surface area (Å²) >= 11 is 2.40.